The summed E-state index contributed by atoms with van der Waals surface area (Å²) in [6.07, 6.45) is 0.874. The molecule has 12 heteroatoms. The van der Waals surface area contributed by atoms with E-state index >= 15 is 0 Å². The van der Waals surface area contributed by atoms with Gasteiger partial charge in [-0.1, -0.05) is 6.07 Å². The van der Waals surface area contributed by atoms with Gasteiger partial charge in [0.1, 0.15) is 0 Å². The van der Waals surface area contributed by atoms with Crippen molar-refractivity contribution in [1.29, 1.82) is 0 Å². The Morgan fingerprint density at radius 1 is 1.03 bits per heavy atom. The quantitative estimate of drug-likeness (QED) is 0.501. The SMILES string of the molecule is CN1CCN(CCCNc2nnc3c(n2)c(=O)n(C)c(=O)n3Cc2ccc(F)c(F)c2)CC1. The maximum Gasteiger partial charge on any atom is 0.332 e. The summed E-state index contributed by atoms with van der Waals surface area (Å²) >= 11 is 0. The number of anilines is 1. The lowest BCUT2D eigenvalue weighted by Crippen LogP contribution is -2.44. The van der Waals surface area contributed by atoms with E-state index in [0.29, 0.717) is 12.1 Å². The van der Waals surface area contributed by atoms with Crippen LogP contribution in [0.4, 0.5) is 14.7 Å². The Balaban J connectivity index is 1.51. The largest absolute Gasteiger partial charge is 0.353 e. The van der Waals surface area contributed by atoms with Gasteiger partial charge in [0.05, 0.1) is 6.54 Å². The Labute approximate surface area is 188 Å². The summed E-state index contributed by atoms with van der Waals surface area (Å²) in [5, 5.41) is 11.1. The number of rotatable bonds is 7. The highest BCUT2D eigenvalue weighted by atomic mass is 19.2. The Morgan fingerprint density at radius 3 is 2.52 bits per heavy atom. The number of fused-ring (bicyclic) bond motifs is 1. The van der Waals surface area contributed by atoms with E-state index in [0.717, 1.165) is 55.8 Å². The first kappa shape index (κ1) is 22.9. The predicted octanol–water partition coefficient (Wildman–Crippen LogP) is 0.261. The average Bonchev–Trinajstić information content (AvgIpc) is 2.81. The zero-order valence-corrected chi connectivity index (χ0v) is 18.6. The molecule has 33 heavy (non-hydrogen) atoms. The third kappa shape index (κ3) is 5.06. The minimum atomic E-state index is -1.03. The lowest BCUT2D eigenvalue weighted by molar-refractivity contribution is 0.154. The summed E-state index contributed by atoms with van der Waals surface area (Å²) in [4.78, 5) is 34.3. The third-order valence-corrected chi connectivity index (χ3v) is 5.80. The van der Waals surface area contributed by atoms with Crippen molar-refractivity contribution >= 4 is 17.1 Å². The highest BCUT2D eigenvalue weighted by Gasteiger charge is 2.17. The van der Waals surface area contributed by atoms with Gasteiger partial charge in [-0.3, -0.25) is 13.9 Å². The van der Waals surface area contributed by atoms with E-state index in [4.69, 9.17) is 0 Å². The van der Waals surface area contributed by atoms with E-state index < -0.39 is 22.9 Å². The minimum absolute atomic E-state index is 0.0178. The lowest BCUT2D eigenvalue weighted by Gasteiger charge is -2.32. The van der Waals surface area contributed by atoms with Crippen LogP contribution in [0.25, 0.3) is 11.2 Å². The number of likely N-dealkylation sites (N-methyl/N-ethyl adjacent to an activating group) is 1. The molecule has 1 saturated heterocycles. The number of benzene rings is 1. The zero-order valence-electron chi connectivity index (χ0n) is 18.6. The molecule has 1 N–H and O–H groups in total. The standard InChI is InChI=1S/C21H26F2N8O2/c1-28-8-10-30(11-9-28)7-3-6-24-20-25-17-18(26-27-20)31(21(33)29(2)19(17)32)13-14-4-5-15(22)16(23)12-14/h4-5,12H,3,6-11,13H2,1-2H3,(H,24,25,27). The molecule has 3 aromatic rings. The van der Waals surface area contributed by atoms with Crippen LogP contribution in [-0.4, -0.2) is 80.4 Å². The average molecular weight is 460 g/mol. The molecule has 1 aliphatic heterocycles. The molecule has 1 aromatic carbocycles. The van der Waals surface area contributed by atoms with Gasteiger partial charge in [0.25, 0.3) is 5.56 Å². The lowest BCUT2D eigenvalue weighted by atomic mass is 10.2. The van der Waals surface area contributed by atoms with Gasteiger partial charge in [-0.2, -0.15) is 0 Å². The summed E-state index contributed by atoms with van der Waals surface area (Å²) in [7, 11) is 3.45. The van der Waals surface area contributed by atoms with Crippen LogP contribution in [0.5, 0.6) is 0 Å². The molecule has 3 heterocycles. The van der Waals surface area contributed by atoms with Crippen molar-refractivity contribution in [1.82, 2.24) is 34.1 Å². The van der Waals surface area contributed by atoms with Gasteiger partial charge in [-0.05, 0) is 37.7 Å². The molecule has 0 atom stereocenters. The van der Waals surface area contributed by atoms with Crippen molar-refractivity contribution in [3.05, 3.63) is 56.2 Å². The monoisotopic (exact) mass is 460 g/mol. The highest BCUT2D eigenvalue weighted by Crippen LogP contribution is 2.12. The Kier molecular flexibility index (Phi) is 6.75. The van der Waals surface area contributed by atoms with Gasteiger partial charge in [0, 0.05) is 39.8 Å². The number of nitrogens with zero attached hydrogens (tertiary/aromatic N) is 7. The van der Waals surface area contributed by atoms with Crippen LogP contribution in [0.1, 0.15) is 12.0 Å². The highest BCUT2D eigenvalue weighted by molar-refractivity contribution is 5.69. The molecule has 0 unspecified atom stereocenters. The Morgan fingerprint density at radius 2 is 1.79 bits per heavy atom. The number of piperazine rings is 1. The molecular weight excluding hydrogens is 434 g/mol. The number of hydrogen-bond acceptors (Lipinski definition) is 8. The first-order chi connectivity index (χ1) is 15.8. The van der Waals surface area contributed by atoms with Crippen molar-refractivity contribution in [2.24, 2.45) is 7.05 Å². The van der Waals surface area contributed by atoms with Gasteiger partial charge in [0.2, 0.25) is 5.95 Å². The second-order valence-electron chi connectivity index (χ2n) is 8.21. The van der Waals surface area contributed by atoms with Gasteiger partial charge >= 0.3 is 5.69 Å². The van der Waals surface area contributed by atoms with Crippen molar-refractivity contribution < 1.29 is 8.78 Å². The van der Waals surface area contributed by atoms with Crippen LogP contribution in [0, 0.1) is 11.6 Å². The third-order valence-electron chi connectivity index (χ3n) is 5.80. The molecular formula is C21H26F2N8O2. The van der Waals surface area contributed by atoms with Gasteiger partial charge < -0.3 is 15.1 Å². The van der Waals surface area contributed by atoms with Crippen LogP contribution in [0.15, 0.2) is 27.8 Å². The number of nitrogens with one attached hydrogen (secondary N) is 1. The Hall–Kier alpha value is -3.25. The van der Waals surface area contributed by atoms with Gasteiger partial charge in [0.15, 0.2) is 22.8 Å². The van der Waals surface area contributed by atoms with Crippen molar-refractivity contribution in [3.8, 4) is 0 Å². The van der Waals surface area contributed by atoms with E-state index in [9.17, 15) is 18.4 Å². The van der Waals surface area contributed by atoms with Crippen molar-refractivity contribution in [2.75, 3.05) is 51.6 Å². The maximum atomic E-state index is 13.6. The molecule has 0 bridgehead atoms. The van der Waals surface area contributed by atoms with Crippen LogP contribution in [0.3, 0.4) is 0 Å². The molecule has 1 fully saturated rings. The number of halogens is 2. The molecule has 1 aliphatic rings. The fraction of sp³-hybridized carbons (Fsp3) is 0.476. The van der Waals surface area contributed by atoms with Crippen LogP contribution in [-0.2, 0) is 13.6 Å². The first-order valence-electron chi connectivity index (χ1n) is 10.8. The zero-order chi connectivity index (χ0) is 23.5. The molecule has 0 saturated carbocycles. The maximum absolute atomic E-state index is 13.6. The normalized spacial score (nSPS) is 15.3. The smallest absolute Gasteiger partial charge is 0.332 e. The number of hydrogen-bond donors (Lipinski definition) is 1. The van der Waals surface area contributed by atoms with Crippen molar-refractivity contribution in [3.63, 3.8) is 0 Å². The van der Waals surface area contributed by atoms with Crippen LogP contribution in [0.2, 0.25) is 0 Å². The predicted molar refractivity (Wildman–Crippen MR) is 119 cm³/mol. The van der Waals surface area contributed by atoms with E-state index in [1.165, 1.54) is 17.7 Å². The molecule has 4 rings (SSSR count). The summed E-state index contributed by atoms with van der Waals surface area (Å²) in [6, 6.07) is 3.34. The molecule has 176 valence electrons. The summed E-state index contributed by atoms with van der Waals surface area (Å²) in [6.45, 7) is 5.62. The topological polar surface area (TPSA) is 101 Å². The fourth-order valence-corrected chi connectivity index (χ4v) is 3.78. The van der Waals surface area contributed by atoms with E-state index in [-0.39, 0.29) is 23.7 Å². The second-order valence-corrected chi connectivity index (χ2v) is 8.21. The fourth-order valence-electron chi connectivity index (χ4n) is 3.78. The molecule has 0 amide bonds. The first-order valence-corrected chi connectivity index (χ1v) is 10.8. The van der Waals surface area contributed by atoms with Gasteiger partial charge in [-0.25, -0.2) is 18.6 Å². The van der Waals surface area contributed by atoms with E-state index in [1.54, 1.807) is 0 Å². The minimum Gasteiger partial charge on any atom is -0.353 e. The molecule has 10 nitrogen and oxygen atoms in total. The van der Waals surface area contributed by atoms with E-state index in [2.05, 4.69) is 37.3 Å². The summed E-state index contributed by atoms with van der Waals surface area (Å²) < 4.78 is 28.9. The summed E-state index contributed by atoms with van der Waals surface area (Å²) in [5.41, 5.74) is -0.968. The molecule has 0 spiro atoms. The molecule has 0 radical (unpaired) electrons. The molecule has 0 aliphatic carbocycles. The molecule has 2 aromatic heterocycles. The van der Waals surface area contributed by atoms with Crippen LogP contribution < -0.4 is 16.6 Å². The number of aromatic nitrogens is 5. The van der Waals surface area contributed by atoms with Gasteiger partial charge in [-0.15, -0.1) is 10.2 Å². The second kappa shape index (κ2) is 9.71. The summed E-state index contributed by atoms with van der Waals surface area (Å²) in [5.74, 6) is -1.82. The van der Waals surface area contributed by atoms with Crippen molar-refractivity contribution in [2.45, 2.75) is 13.0 Å². The van der Waals surface area contributed by atoms with E-state index in [1.807, 2.05) is 0 Å². The van der Waals surface area contributed by atoms with Crippen LogP contribution >= 0.6 is 0 Å². The Bertz CT molecular complexity index is 1270.